The molecule has 0 aliphatic carbocycles. The highest BCUT2D eigenvalue weighted by Gasteiger charge is 2.50. The molecule has 4 rings (SSSR count). The zero-order chi connectivity index (χ0) is 28.9. The van der Waals surface area contributed by atoms with Crippen molar-refractivity contribution in [2.75, 3.05) is 13.1 Å². The average Bonchev–Trinajstić information content (AvgIpc) is 2.95. The van der Waals surface area contributed by atoms with Gasteiger partial charge in [0.15, 0.2) is 0 Å². The highest BCUT2D eigenvalue weighted by atomic mass is 28.4. The maximum absolute atomic E-state index is 11.8. The summed E-state index contributed by atoms with van der Waals surface area (Å²) >= 11 is 0. The van der Waals surface area contributed by atoms with Crippen molar-refractivity contribution in [1.29, 1.82) is 0 Å². The van der Waals surface area contributed by atoms with Gasteiger partial charge in [0.25, 0.3) is 0 Å². The van der Waals surface area contributed by atoms with Crippen LogP contribution in [0.5, 0.6) is 5.75 Å². The second-order valence-corrected chi connectivity index (χ2v) is 17.9. The highest BCUT2D eigenvalue weighted by Crippen LogP contribution is 2.46. The lowest BCUT2D eigenvalue weighted by Crippen LogP contribution is -2.58. The topological polar surface area (TPSA) is 41.9 Å². The Bertz CT molecular complexity index is 1140. The van der Waals surface area contributed by atoms with Crippen molar-refractivity contribution in [1.82, 2.24) is 4.90 Å². The molecule has 4 nitrogen and oxygen atoms in total. The van der Waals surface area contributed by atoms with Crippen molar-refractivity contribution in [3.05, 3.63) is 102 Å². The van der Waals surface area contributed by atoms with E-state index in [-0.39, 0.29) is 18.1 Å². The first-order chi connectivity index (χ1) is 19.1. The van der Waals surface area contributed by atoms with E-state index in [0.29, 0.717) is 29.8 Å². The fraction of sp³-hybridized carbons (Fsp3) is 0.486. The number of aliphatic hydroxyl groups is 1. The maximum Gasteiger partial charge on any atom is 0.200 e. The molecule has 5 heteroatoms. The molecular weight excluding hydrogens is 510 g/mol. The number of rotatable bonds is 11. The summed E-state index contributed by atoms with van der Waals surface area (Å²) in [6, 6.07) is 29.4. The summed E-state index contributed by atoms with van der Waals surface area (Å²) < 4.78 is 13.5. The maximum atomic E-state index is 11.8. The first kappa shape index (κ1) is 30.5. The summed E-state index contributed by atoms with van der Waals surface area (Å²) in [5, 5.41) is 11.8. The van der Waals surface area contributed by atoms with E-state index in [1.54, 1.807) is 0 Å². The van der Waals surface area contributed by atoms with Gasteiger partial charge in [-0.3, -0.25) is 4.90 Å². The van der Waals surface area contributed by atoms with E-state index in [9.17, 15) is 5.11 Å². The molecule has 0 amide bonds. The fourth-order valence-electron chi connectivity index (χ4n) is 7.02. The third-order valence-corrected chi connectivity index (χ3v) is 15.2. The Morgan fingerprint density at radius 3 is 1.85 bits per heavy atom. The van der Waals surface area contributed by atoms with E-state index in [1.807, 2.05) is 30.3 Å². The van der Waals surface area contributed by atoms with Gasteiger partial charge in [0.1, 0.15) is 12.4 Å². The van der Waals surface area contributed by atoms with Crippen molar-refractivity contribution in [3.8, 4) is 5.75 Å². The molecule has 1 aliphatic rings. The van der Waals surface area contributed by atoms with Crippen LogP contribution in [0.2, 0.25) is 16.6 Å². The van der Waals surface area contributed by atoms with Crippen LogP contribution in [-0.4, -0.2) is 43.6 Å². The van der Waals surface area contributed by atoms with Crippen LogP contribution >= 0.6 is 0 Å². The van der Waals surface area contributed by atoms with Gasteiger partial charge in [0.2, 0.25) is 8.32 Å². The molecule has 1 fully saturated rings. The number of likely N-dealkylation sites (tertiary alicyclic amines) is 1. The number of hydrogen-bond acceptors (Lipinski definition) is 4. The number of ether oxygens (including phenoxy) is 1. The molecule has 4 atom stereocenters. The highest BCUT2D eigenvalue weighted by molar-refractivity contribution is 6.77. The van der Waals surface area contributed by atoms with Crippen LogP contribution in [0.3, 0.4) is 0 Å². The minimum absolute atomic E-state index is 0.0921. The van der Waals surface area contributed by atoms with Gasteiger partial charge in [0, 0.05) is 25.0 Å². The molecule has 1 aliphatic heterocycles. The Hall–Kier alpha value is -2.44. The van der Waals surface area contributed by atoms with Crippen molar-refractivity contribution in [2.45, 2.75) is 95.9 Å². The Balaban J connectivity index is 1.62. The predicted molar refractivity (Wildman–Crippen MR) is 168 cm³/mol. The normalized spacial score (nSPS) is 21.2. The van der Waals surface area contributed by atoms with Crippen LogP contribution in [-0.2, 0) is 11.0 Å². The Morgan fingerprint density at radius 2 is 1.30 bits per heavy atom. The first-order valence-corrected chi connectivity index (χ1v) is 17.2. The van der Waals surface area contributed by atoms with Gasteiger partial charge in [0.05, 0.1) is 12.2 Å². The lowest BCUT2D eigenvalue weighted by molar-refractivity contribution is -0.0381. The molecule has 1 heterocycles. The van der Waals surface area contributed by atoms with E-state index >= 15 is 0 Å². The monoisotopic (exact) mass is 559 g/mol. The van der Waals surface area contributed by atoms with Crippen molar-refractivity contribution in [2.24, 2.45) is 0 Å². The molecule has 0 spiro atoms. The van der Waals surface area contributed by atoms with Crippen LogP contribution in [0.15, 0.2) is 84.9 Å². The van der Waals surface area contributed by atoms with Crippen LogP contribution in [0, 0.1) is 0 Å². The number of piperidine rings is 1. The molecule has 1 N–H and O–H groups in total. The van der Waals surface area contributed by atoms with Gasteiger partial charge in [-0.15, -0.1) is 0 Å². The minimum Gasteiger partial charge on any atom is -0.489 e. The Labute approximate surface area is 243 Å². The zero-order valence-corrected chi connectivity index (χ0v) is 26.5. The van der Waals surface area contributed by atoms with Gasteiger partial charge in [-0.25, -0.2) is 0 Å². The second-order valence-electron chi connectivity index (χ2n) is 12.5. The van der Waals surface area contributed by atoms with Crippen LogP contribution in [0.4, 0.5) is 0 Å². The molecule has 3 aromatic rings. The average molecular weight is 560 g/mol. The molecule has 216 valence electrons. The Kier molecular flexibility index (Phi) is 10.3. The summed E-state index contributed by atoms with van der Waals surface area (Å²) in [5.41, 5.74) is 4.96. The molecule has 3 aromatic carbocycles. The standard InChI is InChI=1S/C35H49NO3Si/c1-25(2)40(26(3)4,27(5)6)39-34-23-36(28(7)30-16-12-9-13-17-30)22-33(37)35(34)31-18-20-32(21-19-31)38-24-29-14-10-8-11-15-29/h8-21,25-28,33-35,37H,22-24H2,1-7H3. The van der Waals surface area contributed by atoms with E-state index in [0.717, 1.165) is 23.4 Å². The quantitative estimate of drug-likeness (QED) is 0.240. The van der Waals surface area contributed by atoms with Gasteiger partial charge < -0.3 is 14.3 Å². The van der Waals surface area contributed by atoms with Crippen molar-refractivity contribution >= 4 is 8.32 Å². The predicted octanol–water partition coefficient (Wildman–Crippen LogP) is 8.35. The molecule has 40 heavy (non-hydrogen) atoms. The van der Waals surface area contributed by atoms with Gasteiger partial charge >= 0.3 is 0 Å². The van der Waals surface area contributed by atoms with Crippen molar-refractivity contribution in [3.63, 3.8) is 0 Å². The van der Waals surface area contributed by atoms with E-state index in [1.165, 1.54) is 5.56 Å². The zero-order valence-electron chi connectivity index (χ0n) is 25.5. The van der Waals surface area contributed by atoms with Crippen LogP contribution < -0.4 is 4.74 Å². The smallest absolute Gasteiger partial charge is 0.200 e. The molecule has 4 unspecified atom stereocenters. The third-order valence-electron chi connectivity index (χ3n) is 9.06. The summed E-state index contributed by atoms with van der Waals surface area (Å²) in [6.45, 7) is 18.2. The van der Waals surface area contributed by atoms with Gasteiger partial charge in [-0.05, 0) is 52.4 Å². The molecule has 0 aromatic heterocycles. The summed E-state index contributed by atoms with van der Waals surface area (Å²) in [6.07, 6.45) is -0.621. The van der Waals surface area contributed by atoms with Gasteiger partial charge in [-0.1, -0.05) is 114 Å². The largest absolute Gasteiger partial charge is 0.489 e. The second kappa shape index (κ2) is 13.5. The summed E-state index contributed by atoms with van der Waals surface area (Å²) in [5.74, 6) is 0.746. The lowest BCUT2D eigenvalue weighted by Gasteiger charge is -2.51. The molecule has 0 bridgehead atoms. The lowest BCUT2D eigenvalue weighted by atomic mass is 9.84. The molecule has 0 radical (unpaired) electrons. The third kappa shape index (κ3) is 6.71. The number of benzene rings is 3. The number of nitrogens with zero attached hydrogens (tertiary/aromatic N) is 1. The number of β-amino-alcohol motifs (C(OH)–C–C–N with tert-alkyl or cyclic N) is 1. The molecule has 1 saturated heterocycles. The minimum atomic E-state index is -2.19. The summed E-state index contributed by atoms with van der Waals surface area (Å²) in [7, 11) is -2.19. The number of hydrogen-bond donors (Lipinski definition) is 1. The van der Waals surface area contributed by atoms with E-state index in [2.05, 4.69) is 108 Å². The molecular formula is C35H49NO3Si. The molecule has 0 saturated carbocycles. The SMILES string of the molecule is CC(c1ccccc1)N1CC(O)C(c2ccc(OCc3ccccc3)cc2)C(O[Si](C(C)C)(C(C)C)C(C)C)C1. The van der Waals surface area contributed by atoms with Crippen LogP contribution in [0.25, 0.3) is 0 Å². The van der Waals surface area contributed by atoms with Crippen molar-refractivity contribution < 1.29 is 14.3 Å². The van der Waals surface area contributed by atoms with E-state index < -0.39 is 14.4 Å². The summed E-state index contributed by atoms with van der Waals surface area (Å²) in [4.78, 5) is 2.42. The fourth-order valence-corrected chi connectivity index (χ4v) is 12.6. The number of aliphatic hydroxyl groups excluding tert-OH is 1. The van der Waals surface area contributed by atoms with E-state index in [4.69, 9.17) is 9.16 Å². The Morgan fingerprint density at radius 1 is 0.750 bits per heavy atom. The van der Waals surface area contributed by atoms with Crippen LogP contribution in [0.1, 0.15) is 77.1 Å². The van der Waals surface area contributed by atoms with Gasteiger partial charge in [-0.2, -0.15) is 0 Å². The first-order valence-electron chi connectivity index (χ1n) is 15.0.